The number of phosphoric ester groups is 1. The average molecular weight is 1040 g/mol. The minimum atomic E-state index is -4.75. The van der Waals surface area contributed by atoms with E-state index in [0.717, 1.165) is 77.0 Å². The summed E-state index contributed by atoms with van der Waals surface area (Å²) in [4.78, 5) is 48.5. The first kappa shape index (κ1) is 69.7. The molecule has 12 heteroatoms. The molecule has 0 bridgehead atoms. The summed E-state index contributed by atoms with van der Waals surface area (Å²) < 4.78 is 39.5. The number of ether oxygens (including phenoxy) is 3. The number of phosphoric acid groups is 1. The van der Waals surface area contributed by atoms with Crippen LogP contribution in [0.1, 0.15) is 290 Å². The summed E-state index contributed by atoms with van der Waals surface area (Å²) in [5.41, 5.74) is 0. The van der Waals surface area contributed by atoms with Crippen molar-refractivity contribution in [3.63, 3.8) is 0 Å². The van der Waals surface area contributed by atoms with Crippen LogP contribution >= 0.6 is 7.82 Å². The van der Waals surface area contributed by atoms with Gasteiger partial charge < -0.3 is 24.2 Å². The number of hydrogen-bond acceptors (Lipinski definition) is 10. The summed E-state index contributed by atoms with van der Waals surface area (Å²) in [7, 11) is -4.75. The van der Waals surface area contributed by atoms with Crippen LogP contribution in [0.3, 0.4) is 0 Å². The van der Waals surface area contributed by atoms with Crippen LogP contribution in [0, 0.1) is 0 Å². The standard InChI is InChI=1S/C60H111O11P/c1-4-7-10-13-16-19-22-25-27-28-30-32-34-37-40-43-46-49-58(62)67-53-57(71-60(64)51-48-45-42-39-36-33-29-26-23-20-17-14-11-8-5-2)55-69-72(65,66)68-54-56(52-61)70-59(63)50-47-44-41-38-35-31-24-21-18-15-12-9-6-3/h9,12,18,21,31,35,56-57,61H,4-8,10-11,13-17,19-20,22-30,32-34,36-55H2,1-3H3,(H,65,66)/b12-9-,21-18-,35-31-. The van der Waals surface area contributed by atoms with Gasteiger partial charge in [-0.25, -0.2) is 4.57 Å². The summed E-state index contributed by atoms with van der Waals surface area (Å²) >= 11 is 0. The molecule has 0 spiro atoms. The Morgan fingerprint density at radius 2 is 0.722 bits per heavy atom. The van der Waals surface area contributed by atoms with Crippen molar-refractivity contribution in [2.45, 2.75) is 303 Å². The van der Waals surface area contributed by atoms with Crippen LogP contribution in [0.15, 0.2) is 36.5 Å². The van der Waals surface area contributed by atoms with E-state index in [9.17, 15) is 28.9 Å². The van der Waals surface area contributed by atoms with Crippen molar-refractivity contribution in [2.75, 3.05) is 26.4 Å². The monoisotopic (exact) mass is 1040 g/mol. The molecule has 0 saturated heterocycles. The molecule has 0 radical (unpaired) electrons. The summed E-state index contributed by atoms with van der Waals surface area (Å²) in [6.45, 7) is 4.55. The third-order valence-electron chi connectivity index (χ3n) is 13.1. The minimum absolute atomic E-state index is 0.145. The molecule has 0 saturated carbocycles. The fraction of sp³-hybridized carbons (Fsp3) is 0.850. The SMILES string of the molecule is CC/C=C\C/C=C\C/C=C\CCCCCC(=O)OC(CO)COP(=O)(O)OCC(COC(=O)CCCCCCCCCCCCCCCCCCC)OC(=O)CCCCCCCCCCCCCCCCC. The van der Waals surface area contributed by atoms with E-state index >= 15 is 0 Å². The molecule has 2 N–H and O–H groups in total. The number of allylic oxidation sites excluding steroid dienone is 6. The number of aliphatic hydroxyl groups is 1. The Labute approximate surface area is 441 Å². The molecule has 0 rings (SSSR count). The van der Waals surface area contributed by atoms with Gasteiger partial charge in [0, 0.05) is 19.3 Å². The molecule has 0 aromatic carbocycles. The van der Waals surface area contributed by atoms with E-state index < -0.39 is 57.8 Å². The van der Waals surface area contributed by atoms with E-state index in [4.69, 9.17) is 23.3 Å². The third kappa shape index (κ3) is 52.6. The Balaban J connectivity index is 4.69. The third-order valence-corrected chi connectivity index (χ3v) is 14.0. The van der Waals surface area contributed by atoms with E-state index in [1.54, 1.807) is 0 Å². The highest BCUT2D eigenvalue weighted by Gasteiger charge is 2.28. The Kier molecular flexibility index (Phi) is 53.2. The van der Waals surface area contributed by atoms with Gasteiger partial charge in [-0.2, -0.15) is 0 Å². The van der Waals surface area contributed by atoms with Gasteiger partial charge in [-0.15, -0.1) is 0 Å². The molecule has 0 heterocycles. The van der Waals surface area contributed by atoms with Gasteiger partial charge in [0.25, 0.3) is 0 Å². The highest BCUT2D eigenvalue weighted by Crippen LogP contribution is 2.43. The first-order chi connectivity index (χ1) is 35.2. The predicted molar refractivity (Wildman–Crippen MR) is 298 cm³/mol. The number of unbranched alkanes of at least 4 members (excludes halogenated alkanes) is 33. The van der Waals surface area contributed by atoms with Crippen molar-refractivity contribution in [3.8, 4) is 0 Å². The number of carbonyl (C=O) groups excluding carboxylic acids is 3. The average Bonchev–Trinajstić information content (AvgIpc) is 3.37. The van der Waals surface area contributed by atoms with Crippen LogP contribution < -0.4 is 0 Å². The smallest absolute Gasteiger partial charge is 0.462 e. The van der Waals surface area contributed by atoms with Gasteiger partial charge in [0.05, 0.1) is 19.8 Å². The number of aliphatic hydroxyl groups excluding tert-OH is 1. The van der Waals surface area contributed by atoms with Crippen LogP contribution in [0.25, 0.3) is 0 Å². The lowest BCUT2D eigenvalue weighted by molar-refractivity contribution is -0.161. The lowest BCUT2D eigenvalue weighted by Crippen LogP contribution is -2.30. The molecule has 0 aromatic rings. The molecule has 422 valence electrons. The molecular formula is C60H111O11P. The normalized spacial score (nSPS) is 13.6. The molecule has 0 aliphatic carbocycles. The maximum atomic E-state index is 12.9. The van der Waals surface area contributed by atoms with Crippen molar-refractivity contribution in [1.82, 2.24) is 0 Å². The van der Waals surface area contributed by atoms with Gasteiger partial charge in [-0.1, -0.05) is 256 Å². The van der Waals surface area contributed by atoms with E-state index in [0.29, 0.717) is 19.3 Å². The summed E-state index contributed by atoms with van der Waals surface area (Å²) in [6.07, 6.45) is 56.8. The number of rotatable bonds is 56. The zero-order valence-electron chi connectivity index (χ0n) is 46.7. The zero-order valence-corrected chi connectivity index (χ0v) is 47.6. The highest BCUT2D eigenvalue weighted by atomic mass is 31.2. The lowest BCUT2D eigenvalue weighted by atomic mass is 10.0. The van der Waals surface area contributed by atoms with Crippen LogP contribution in [0.2, 0.25) is 0 Å². The second kappa shape index (κ2) is 54.9. The van der Waals surface area contributed by atoms with Gasteiger partial charge in [0.1, 0.15) is 12.7 Å². The number of carbonyl (C=O) groups is 3. The first-order valence-corrected chi connectivity index (χ1v) is 31.4. The second-order valence-corrected chi connectivity index (χ2v) is 21.6. The minimum Gasteiger partial charge on any atom is -0.462 e. The Morgan fingerprint density at radius 3 is 1.11 bits per heavy atom. The molecule has 0 amide bonds. The quantitative estimate of drug-likeness (QED) is 0.0197. The van der Waals surface area contributed by atoms with Gasteiger partial charge in [-0.05, 0) is 51.4 Å². The maximum Gasteiger partial charge on any atom is 0.472 e. The van der Waals surface area contributed by atoms with Crippen LogP contribution in [-0.4, -0.2) is 66.5 Å². The molecule has 11 nitrogen and oxygen atoms in total. The Hall–Kier alpha value is -2.30. The van der Waals surface area contributed by atoms with Crippen LogP contribution in [-0.2, 0) is 42.2 Å². The van der Waals surface area contributed by atoms with Gasteiger partial charge in [0.2, 0.25) is 0 Å². The Bertz CT molecular complexity index is 1350. The molecule has 3 unspecified atom stereocenters. The largest absolute Gasteiger partial charge is 0.472 e. The highest BCUT2D eigenvalue weighted by molar-refractivity contribution is 7.47. The number of hydrogen-bond donors (Lipinski definition) is 2. The molecule has 0 fully saturated rings. The topological polar surface area (TPSA) is 155 Å². The Morgan fingerprint density at radius 1 is 0.403 bits per heavy atom. The van der Waals surface area contributed by atoms with Crippen molar-refractivity contribution in [1.29, 1.82) is 0 Å². The van der Waals surface area contributed by atoms with Crippen molar-refractivity contribution < 1.29 is 52.2 Å². The molecular weight excluding hydrogens is 928 g/mol. The predicted octanol–water partition coefficient (Wildman–Crippen LogP) is 17.6. The fourth-order valence-electron chi connectivity index (χ4n) is 8.55. The van der Waals surface area contributed by atoms with E-state index in [1.165, 1.54) is 154 Å². The number of esters is 3. The van der Waals surface area contributed by atoms with Crippen molar-refractivity contribution in [2.24, 2.45) is 0 Å². The molecule has 0 aliphatic rings. The zero-order chi connectivity index (χ0) is 52.7. The van der Waals surface area contributed by atoms with Crippen LogP contribution in [0.4, 0.5) is 0 Å². The molecule has 3 atom stereocenters. The molecule has 0 aliphatic heterocycles. The van der Waals surface area contributed by atoms with Gasteiger partial charge >= 0.3 is 25.7 Å². The van der Waals surface area contributed by atoms with Gasteiger partial charge in [0.15, 0.2) is 6.10 Å². The molecule has 72 heavy (non-hydrogen) atoms. The van der Waals surface area contributed by atoms with E-state index in [1.807, 2.05) is 0 Å². The summed E-state index contributed by atoms with van der Waals surface area (Å²) in [6, 6.07) is 0. The summed E-state index contributed by atoms with van der Waals surface area (Å²) in [5, 5.41) is 9.80. The first-order valence-electron chi connectivity index (χ1n) is 29.9. The van der Waals surface area contributed by atoms with Crippen molar-refractivity contribution in [3.05, 3.63) is 36.5 Å². The maximum absolute atomic E-state index is 12.9. The summed E-state index contributed by atoms with van der Waals surface area (Å²) in [5.74, 6) is -1.47. The fourth-order valence-corrected chi connectivity index (χ4v) is 9.33. The molecule has 0 aromatic heterocycles. The lowest BCUT2D eigenvalue weighted by Gasteiger charge is -2.21. The van der Waals surface area contributed by atoms with Gasteiger partial charge in [-0.3, -0.25) is 23.4 Å². The van der Waals surface area contributed by atoms with Crippen molar-refractivity contribution >= 4 is 25.7 Å². The van der Waals surface area contributed by atoms with Crippen LogP contribution in [0.5, 0.6) is 0 Å². The van der Waals surface area contributed by atoms with E-state index in [-0.39, 0.29) is 25.9 Å². The van der Waals surface area contributed by atoms with E-state index in [2.05, 4.69) is 57.2 Å². The second-order valence-electron chi connectivity index (χ2n) is 20.1.